The summed E-state index contributed by atoms with van der Waals surface area (Å²) in [4.78, 5) is 21.1. The lowest BCUT2D eigenvalue weighted by molar-refractivity contribution is -0.129. The zero-order valence-electron chi connectivity index (χ0n) is 13.4. The second kappa shape index (κ2) is 6.48. The van der Waals surface area contributed by atoms with E-state index in [2.05, 4.69) is 24.8 Å². The molecule has 0 saturated carbocycles. The van der Waals surface area contributed by atoms with E-state index in [4.69, 9.17) is 4.74 Å². The van der Waals surface area contributed by atoms with Crippen molar-refractivity contribution < 1.29 is 14.2 Å². The summed E-state index contributed by atoms with van der Waals surface area (Å²) in [6.45, 7) is 4.58. The molecule has 0 N–H and O–H groups in total. The van der Waals surface area contributed by atoms with Gasteiger partial charge in [-0.15, -0.1) is 11.3 Å². The lowest BCUT2D eigenvalue weighted by Gasteiger charge is -2.24. The van der Waals surface area contributed by atoms with Crippen LogP contribution in [0.5, 0.6) is 5.88 Å². The zero-order valence-corrected chi connectivity index (χ0v) is 14.2. The van der Waals surface area contributed by atoms with E-state index in [0.717, 1.165) is 24.5 Å². The lowest BCUT2D eigenvalue weighted by atomic mass is 10.1. The topological polar surface area (TPSA) is 84.6 Å². The molecule has 9 heteroatoms. The molecule has 0 aromatic carbocycles. The van der Waals surface area contributed by atoms with Gasteiger partial charge in [-0.2, -0.15) is 0 Å². The molecule has 128 valence electrons. The third-order valence-corrected chi connectivity index (χ3v) is 5.50. The molecule has 0 radical (unpaired) electrons. The van der Waals surface area contributed by atoms with E-state index < -0.39 is 0 Å². The number of thiazole rings is 1. The molecule has 0 bridgehead atoms. The second-order valence-electron chi connectivity index (χ2n) is 6.11. The van der Waals surface area contributed by atoms with Crippen molar-refractivity contribution in [3.8, 4) is 5.88 Å². The first-order valence-electron chi connectivity index (χ1n) is 8.06. The van der Waals surface area contributed by atoms with Gasteiger partial charge < -0.3 is 9.64 Å². The number of amides is 1. The van der Waals surface area contributed by atoms with Crippen molar-refractivity contribution in [1.82, 2.24) is 25.1 Å². The number of likely N-dealkylation sites (tertiary alicyclic amines) is 2. The van der Waals surface area contributed by atoms with Crippen LogP contribution in [-0.4, -0.2) is 62.8 Å². The highest BCUT2D eigenvalue weighted by Gasteiger charge is 2.46. The smallest absolute Gasteiger partial charge is 0.278 e. The second-order valence-corrected chi connectivity index (χ2v) is 7.09. The first-order valence-corrected chi connectivity index (χ1v) is 8.94. The van der Waals surface area contributed by atoms with Crippen molar-refractivity contribution in [3.63, 3.8) is 0 Å². The van der Waals surface area contributed by atoms with Crippen LogP contribution in [0.3, 0.4) is 0 Å². The maximum atomic E-state index is 12.4. The van der Waals surface area contributed by atoms with Crippen LogP contribution < -0.4 is 4.74 Å². The van der Waals surface area contributed by atoms with Crippen LogP contribution in [0.1, 0.15) is 23.5 Å². The number of hydrogen-bond acceptors (Lipinski definition) is 8. The first-order chi connectivity index (χ1) is 11.7. The Morgan fingerprint density at radius 1 is 1.42 bits per heavy atom. The Kier molecular flexibility index (Phi) is 4.19. The summed E-state index contributed by atoms with van der Waals surface area (Å²) >= 11 is 1.67. The Labute approximate surface area is 143 Å². The Morgan fingerprint density at radius 3 is 3.08 bits per heavy atom. The molecule has 2 fully saturated rings. The number of aryl methyl sites for hydroxylation is 1. The van der Waals surface area contributed by atoms with E-state index in [-0.39, 0.29) is 18.0 Å². The minimum absolute atomic E-state index is 0.201. The summed E-state index contributed by atoms with van der Waals surface area (Å²) in [6.07, 6.45) is 3.42. The molecule has 2 saturated heterocycles. The van der Waals surface area contributed by atoms with E-state index in [1.807, 2.05) is 16.5 Å². The molecule has 1 amide bonds. The predicted octanol–water partition coefficient (Wildman–Crippen LogP) is 1.09. The number of hydrogen-bond donors (Lipinski definition) is 0. The Balaban J connectivity index is 1.34. The number of carbonyl (C=O) groups excluding carboxylic acids is 1. The van der Waals surface area contributed by atoms with E-state index in [0.29, 0.717) is 31.1 Å². The summed E-state index contributed by atoms with van der Waals surface area (Å²) in [5.41, 5.74) is 0.621. The van der Waals surface area contributed by atoms with Gasteiger partial charge in [0.2, 0.25) is 5.91 Å². The van der Waals surface area contributed by atoms with Crippen molar-refractivity contribution in [2.75, 3.05) is 19.7 Å². The molecular formula is C15H19N5O3S. The molecule has 0 aliphatic carbocycles. The van der Waals surface area contributed by atoms with Crippen LogP contribution >= 0.6 is 11.3 Å². The Morgan fingerprint density at radius 2 is 2.33 bits per heavy atom. The fourth-order valence-electron chi connectivity index (χ4n) is 3.60. The van der Waals surface area contributed by atoms with Crippen LogP contribution in [0.25, 0.3) is 0 Å². The summed E-state index contributed by atoms with van der Waals surface area (Å²) in [5.74, 6) is 0.599. The van der Waals surface area contributed by atoms with Gasteiger partial charge in [0, 0.05) is 36.6 Å². The molecule has 4 heterocycles. The maximum absolute atomic E-state index is 12.4. The molecule has 0 spiro atoms. The SMILES string of the molecule is Cc1nonc1OCCN1C(=O)C[C@H]2[C@@H]1CCN2Cc1nccs1. The van der Waals surface area contributed by atoms with Gasteiger partial charge in [-0.3, -0.25) is 9.69 Å². The third kappa shape index (κ3) is 2.89. The highest BCUT2D eigenvalue weighted by molar-refractivity contribution is 7.09. The van der Waals surface area contributed by atoms with Crippen molar-refractivity contribution in [1.29, 1.82) is 0 Å². The molecule has 2 atom stereocenters. The molecule has 24 heavy (non-hydrogen) atoms. The highest BCUT2D eigenvalue weighted by Crippen LogP contribution is 2.33. The number of carbonyl (C=O) groups is 1. The zero-order chi connectivity index (χ0) is 16.5. The average Bonchev–Trinajstić information content (AvgIpc) is 3.32. The molecule has 2 aromatic rings. The molecule has 0 unspecified atom stereocenters. The van der Waals surface area contributed by atoms with Gasteiger partial charge in [0.15, 0.2) is 0 Å². The minimum Gasteiger partial charge on any atom is -0.472 e. The van der Waals surface area contributed by atoms with Crippen LogP contribution in [0.2, 0.25) is 0 Å². The molecule has 2 aliphatic heterocycles. The normalized spacial score (nSPS) is 23.9. The maximum Gasteiger partial charge on any atom is 0.278 e. The number of nitrogens with zero attached hydrogens (tertiary/aromatic N) is 5. The quantitative estimate of drug-likeness (QED) is 0.772. The van der Waals surface area contributed by atoms with Crippen molar-refractivity contribution in [3.05, 3.63) is 22.3 Å². The Hall–Kier alpha value is -2.00. The largest absolute Gasteiger partial charge is 0.472 e. The highest BCUT2D eigenvalue weighted by atomic mass is 32.1. The van der Waals surface area contributed by atoms with Crippen LogP contribution in [-0.2, 0) is 11.3 Å². The van der Waals surface area contributed by atoms with Crippen molar-refractivity contribution in [2.45, 2.75) is 38.4 Å². The van der Waals surface area contributed by atoms with E-state index >= 15 is 0 Å². The monoisotopic (exact) mass is 349 g/mol. The van der Waals surface area contributed by atoms with Gasteiger partial charge in [-0.05, 0) is 18.5 Å². The van der Waals surface area contributed by atoms with Crippen LogP contribution in [0.15, 0.2) is 16.2 Å². The molecular weight excluding hydrogens is 330 g/mol. The van der Waals surface area contributed by atoms with Crippen LogP contribution in [0, 0.1) is 6.92 Å². The molecule has 8 nitrogen and oxygen atoms in total. The number of fused-ring (bicyclic) bond motifs is 1. The van der Waals surface area contributed by atoms with Gasteiger partial charge in [-0.1, -0.05) is 5.16 Å². The number of rotatable bonds is 6. The van der Waals surface area contributed by atoms with Gasteiger partial charge in [0.25, 0.3) is 5.88 Å². The van der Waals surface area contributed by atoms with Gasteiger partial charge >= 0.3 is 0 Å². The van der Waals surface area contributed by atoms with Gasteiger partial charge in [-0.25, -0.2) is 9.61 Å². The molecule has 4 rings (SSSR count). The Bertz CT molecular complexity index is 704. The number of ether oxygens (including phenoxy) is 1. The van der Waals surface area contributed by atoms with Gasteiger partial charge in [0.05, 0.1) is 13.1 Å². The fourth-order valence-corrected chi connectivity index (χ4v) is 4.24. The standard InChI is InChI=1S/C15H19N5O3S/c1-10-15(18-23-17-10)22-6-5-20-11-2-4-19(12(11)8-14(20)21)9-13-16-3-7-24-13/h3,7,11-12H,2,4-6,8-9H2,1H3/t11-,12-/m0/s1. The summed E-state index contributed by atoms with van der Waals surface area (Å²) in [5, 5.41) is 10.5. The van der Waals surface area contributed by atoms with Crippen molar-refractivity contribution in [2.24, 2.45) is 0 Å². The van der Waals surface area contributed by atoms with E-state index in [1.165, 1.54) is 0 Å². The van der Waals surface area contributed by atoms with Gasteiger partial charge in [0.1, 0.15) is 17.3 Å². The molecule has 2 aromatic heterocycles. The summed E-state index contributed by atoms with van der Waals surface area (Å²) < 4.78 is 10.2. The summed E-state index contributed by atoms with van der Waals surface area (Å²) in [7, 11) is 0. The fraction of sp³-hybridized carbons (Fsp3) is 0.600. The van der Waals surface area contributed by atoms with Crippen molar-refractivity contribution >= 4 is 17.2 Å². The predicted molar refractivity (Wildman–Crippen MR) is 85.6 cm³/mol. The number of aromatic nitrogens is 3. The van der Waals surface area contributed by atoms with E-state index in [9.17, 15) is 4.79 Å². The first kappa shape index (κ1) is 15.5. The summed E-state index contributed by atoms with van der Waals surface area (Å²) in [6, 6.07) is 0.564. The van der Waals surface area contributed by atoms with Crippen LogP contribution in [0.4, 0.5) is 0 Å². The average molecular weight is 349 g/mol. The minimum atomic E-state index is 0.201. The lowest BCUT2D eigenvalue weighted by Crippen LogP contribution is -2.39. The molecule has 2 aliphatic rings. The third-order valence-electron chi connectivity index (χ3n) is 4.73. The van der Waals surface area contributed by atoms with E-state index in [1.54, 1.807) is 18.3 Å².